The number of benzene rings is 2. The van der Waals surface area contributed by atoms with Crippen LogP contribution in [0.3, 0.4) is 0 Å². The molecule has 0 atom stereocenters. The molecule has 0 fully saturated rings. The fraction of sp³-hybridized carbons (Fsp3) is 0.348. The van der Waals surface area contributed by atoms with Crippen LogP contribution in [0.2, 0.25) is 0 Å². The Balaban J connectivity index is 1.77. The molecule has 3 amide bonds. The van der Waals surface area contributed by atoms with Crippen LogP contribution in [0.15, 0.2) is 48.5 Å². The van der Waals surface area contributed by atoms with Crippen LogP contribution in [0.4, 0.5) is 10.5 Å². The number of carbonyl (C=O) groups is 3. The number of hydrogen-bond acceptors (Lipinski definition) is 4. The first-order chi connectivity index (χ1) is 14.1. The number of anilines is 1. The van der Waals surface area contributed by atoms with E-state index in [0.717, 1.165) is 29.7 Å². The molecular formula is C23H29N3O4. The van der Waals surface area contributed by atoms with Crippen LogP contribution in [-0.2, 0) is 33.6 Å². The molecule has 0 spiro atoms. The van der Waals surface area contributed by atoms with Gasteiger partial charge in [-0.25, -0.2) is 10.2 Å². The average Bonchev–Trinajstić information content (AvgIpc) is 2.65. The van der Waals surface area contributed by atoms with Gasteiger partial charge in [-0.1, -0.05) is 36.4 Å². The lowest BCUT2D eigenvalue weighted by atomic mass is 10.0. The van der Waals surface area contributed by atoms with Gasteiger partial charge in [-0.15, -0.1) is 0 Å². The van der Waals surface area contributed by atoms with E-state index >= 15 is 0 Å². The molecule has 2 rings (SSSR count). The van der Waals surface area contributed by atoms with Gasteiger partial charge in [0, 0.05) is 12.6 Å². The number of amides is 3. The van der Waals surface area contributed by atoms with Crippen LogP contribution in [0.25, 0.3) is 0 Å². The summed E-state index contributed by atoms with van der Waals surface area (Å²) in [5.74, 6) is -0.412. The van der Waals surface area contributed by atoms with Crippen molar-refractivity contribution in [3.8, 4) is 0 Å². The van der Waals surface area contributed by atoms with E-state index in [1.165, 1.54) is 12.5 Å². The minimum atomic E-state index is -0.698. The molecule has 0 heterocycles. The minimum absolute atomic E-state index is 0.0860. The quantitative estimate of drug-likeness (QED) is 0.634. The summed E-state index contributed by atoms with van der Waals surface area (Å²) in [4.78, 5) is 34.6. The Morgan fingerprint density at radius 3 is 1.80 bits per heavy atom. The maximum atomic E-state index is 12.0. The van der Waals surface area contributed by atoms with Gasteiger partial charge in [0.2, 0.25) is 11.8 Å². The topological polar surface area (TPSA) is 96.5 Å². The summed E-state index contributed by atoms with van der Waals surface area (Å²) < 4.78 is 5.06. The first kappa shape index (κ1) is 22.9. The fourth-order valence-electron chi connectivity index (χ4n) is 2.72. The van der Waals surface area contributed by atoms with Gasteiger partial charge in [-0.3, -0.25) is 15.0 Å². The minimum Gasteiger partial charge on any atom is -0.443 e. The molecule has 30 heavy (non-hydrogen) atoms. The summed E-state index contributed by atoms with van der Waals surface area (Å²) in [7, 11) is 0. The van der Waals surface area contributed by atoms with Crippen molar-refractivity contribution in [1.82, 2.24) is 10.9 Å². The fourth-order valence-corrected chi connectivity index (χ4v) is 2.72. The highest BCUT2D eigenvalue weighted by Crippen LogP contribution is 2.13. The summed E-state index contributed by atoms with van der Waals surface area (Å²) in [6.07, 6.45) is 1.20. The van der Waals surface area contributed by atoms with Gasteiger partial charge in [0.05, 0.1) is 6.42 Å². The average molecular weight is 412 g/mol. The van der Waals surface area contributed by atoms with E-state index in [1.54, 1.807) is 20.8 Å². The van der Waals surface area contributed by atoms with Gasteiger partial charge >= 0.3 is 6.09 Å². The molecule has 0 aliphatic rings. The normalized spacial score (nSPS) is 10.8. The highest BCUT2D eigenvalue weighted by molar-refractivity contribution is 5.88. The van der Waals surface area contributed by atoms with E-state index in [2.05, 4.69) is 16.2 Å². The number of hydrazine groups is 1. The Kier molecular flexibility index (Phi) is 7.98. The summed E-state index contributed by atoms with van der Waals surface area (Å²) in [5.41, 5.74) is 7.94. The molecule has 0 aliphatic heterocycles. The van der Waals surface area contributed by atoms with E-state index in [0.29, 0.717) is 0 Å². The largest absolute Gasteiger partial charge is 0.443 e. The lowest BCUT2D eigenvalue weighted by molar-refractivity contribution is -0.121. The van der Waals surface area contributed by atoms with Crippen LogP contribution in [0.5, 0.6) is 0 Å². The van der Waals surface area contributed by atoms with E-state index in [9.17, 15) is 14.4 Å². The Morgan fingerprint density at radius 1 is 0.800 bits per heavy atom. The first-order valence-corrected chi connectivity index (χ1v) is 9.83. The van der Waals surface area contributed by atoms with Gasteiger partial charge in [0.1, 0.15) is 5.60 Å². The third-order valence-electron chi connectivity index (χ3n) is 4.07. The van der Waals surface area contributed by atoms with Gasteiger partial charge in [0.25, 0.3) is 0 Å². The van der Waals surface area contributed by atoms with E-state index in [4.69, 9.17) is 4.74 Å². The monoisotopic (exact) mass is 411 g/mol. The zero-order valence-corrected chi connectivity index (χ0v) is 17.9. The third-order valence-corrected chi connectivity index (χ3v) is 4.07. The lowest BCUT2D eigenvalue weighted by Gasteiger charge is -2.19. The molecule has 7 nitrogen and oxygen atoms in total. The molecule has 160 valence electrons. The number of aryl methyl sites for hydroxylation is 2. The molecule has 0 aliphatic carbocycles. The predicted molar refractivity (Wildman–Crippen MR) is 116 cm³/mol. The third kappa shape index (κ3) is 8.77. The number of hydrogen-bond donors (Lipinski definition) is 3. The molecule has 0 bridgehead atoms. The molecule has 0 saturated carbocycles. The van der Waals surface area contributed by atoms with E-state index in [1.807, 2.05) is 48.5 Å². The molecule has 0 saturated heterocycles. The molecule has 2 aromatic carbocycles. The Morgan fingerprint density at radius 2 is 1.30 bits per heavy atom. The highest BCUT2D eigenvalue weighted by atomic mass is 16.6. The molecular weight excluding hydrogens is 382 g/mol. The van der Waals surface area contributed by atoms with Crippen molar-refractivity contribution in [2.24, 2.45) is 0 Å². The number of rotatable bonds is 6. The van der Waals surface area contributed by atoms with Crippen molar-refractivity contribution in [2.45, 2.75) is 52.6 Å². The van der Waals surface area contributed by atoms with Crippen molar-refractivity contribution < 1.29 is 19.1 Å². The maximum Gasteiger partial charge on any atom is 0.426 e. The summed E-state index contributed by atoms with van der Waals surface area (Å²) in [6.45, 7) is 6.73. The Hall–Kier alpha value is -3.35. The van der Waals surface area contributed by atoms with Crippen molar-refractivity contribution in [1.29, 1.82) is 0 Å². The number of ether oxygens (including phenoxy) is 1. The van der Waals surface area contributed by atoms with Crippen LogP contribution in [0, 0.1) is 0 Å². The highest BCUT2D eigenvalue weighted by Gasteiger charge is 2.16. The van der Waals surface area contributed by atoms with Gasteiger partial charge in [0.15, 0.2) is 0 Å². The van der Waals surface area contributed by atoms with E-state index in [-0.39, 0.29) is 18.2 Å². The lowest BCUT2D eigenvalue weighted by Crippen LogP contribution is -2.44. The van der Waals surface area contributed by atoms with Crippen LogP contribution in [0.1, 0.15) is 44.4 Å². The van der Waals surface area contributed by atoms with Crippen molar-refractivity contribution in [3.05, 3.63) is 65.2 Å². The molecule has 7 heteroatoms. The SMILES string of the molecule is CC(=O)Nc1ccc(CCc2ccc(CC(=O)NNC(=O)OC(C)(C)C)cc2)cc1. The van der Waals surface area contributed by atoms with E-state index < -0.39 is 11.7 Å². The Bertz CT molecular complexity index is 869. The van der Waals surface area contributed by atoms with Gasteiger partial charge < -0.3 is 10.1 Å². The van der Waals surface area contributed by atoms with Crippen molar-refractivity contribution >= 4 is 23.6 Å². The maximum absolute atomic E-state index is 12.0. The second-order valence-corrected chi connectivity index (χ2v) is 8.05. The van der Waals surface area contributed by atoms with Crippen LogP contribution >= 0.6 is 0 Å². The molecule has 0 radical (unpaired) electrons. The van der Waals surface area contributed by atoms with Crippen LogP contribution in [-0.4, -0.2) is 23.5 Å². The predicted octanol–water partition coefficient (Wildman–Crippen LogP) is 3.53. The molecule has 3 N–H and O–H groups in total. The van der Waals surface area contributed by atoms with Gasteiger partial charge in [-0.2, -0.15) is 0 Å². The van der Waals surface area contributed by atoms with Gasteiger partial charge in [-0.05, 0) is 62.4 Å². The zero-order valence-electron chi connectivity index (χ0n) is 17.9. The smallest absolute Gasteiger partial charge is 0.426 e. The van der Waals surface area contributed by atoms with Crippen molar-refractivity contribution in [3.63, 3.8) is 0 Å². The first-order valence-electron chi connectivity index (χ1n) is 9.83. The Labute approximate surface area is 177 Å². The van der Waals surface area contributed by atoms with Crippen molar-refractivity contribution in [2.75, 3.05) is 5.32 Å². The standard InChI is InChI=1S/C23H29N3O4/c1-16(27)24-20-13-11-18(12-14-20)6-5-17-7-9-19(10-8-17)15-21(28)25-26-22(29)30-23(2,3)4/h7-14H,5-6,15H2,1-4H3,(H,24,27)(H,25,28)(H,26,29). The summed E-state index contributed by atoms with van der Waals surface area (Å²) in [6, 6.07) is 15.6. The number of carbonyl (C=O) groups excluding carboxylic acids is 3. The second kappa shape index (κ2) is 10.4. The molecule has 0 aromatic heterocycles. The number of nitrogens with one attached hydrogen (secondary N) is 3. The van der Waals surface area contributed by atoms with Crippen LogP contribution < -0.4 is 16.2 Å². The molecule has 2 aromatic rings. The summed E-state index contributed by atoms with van der Waals surface area (Å²) in [5, 5.41) is 2.75. The second-order valence-electron chi connectivity index (χ2n) is 8.05. The summed E-state index contributed by atoms with van der Waals surface area (Å²) >= 11 is 0. The molecule has 0 unspecified atom stereocenters. The zero-order chi connectivity index (χ0) is 22.1.